The van der Waals surface area contributed by atoms with Gasteiger partial charge in [-0.25, -0.2) is 4.98 Å². The standard InChI is InChI=1S/C29H36N6/c1-34(2)27-18-13-20(23-9-5-6-10-24(23)27)19-30-21-14-16-22(17-15-21)31-29-32-26-12-8-7-11-25(26)28(33-29)35(3)4/h5-13,18,21-22,30H,14-17,19H2,1-4H3,(H,31,32,33). The maximum atomic E-state index is 4.82. The van der Waals surface area contributed by atoms with Gasteiger partial charge in [0.25, 0.3) is 0 Å². The molecule has 35 heavy (non-hydrogen) atoms. The van der Waals surface area contributed by atoms with Crippen LogP contribution in [0.5, 0.6) is 0 Å². The Morgan fingerprint density at radius 2 is 1.37 bits per heavy atom. The van der Waals surface area contributed by atoms with Gasteiger partial charge in [0.2, 0.25) is 5.95 Å². The molecule has 0 bridgehead atoms. The molecule has 0 aliphatic heterocycles. The quantitative estimate of drug-likeness (QED) is 0.377. The third kappa shape index (κ3) is 5.03. The Hall–Kier alpha value is -3.38. The zero-order valence-corrected chi connectivity index (χ0v) is 21.3. The predicted octanol–water partition coefficient (Wildman–Crippen LogP) is 5.43. The summed E-state index contributed by atoms with van der Waals surface area (Å²) < 4.78 is 0. The van der Waals surface area contributed by atoms with E-state index in [0.29, 0.717) is 12.1 Å². The number of rotatable bonds is 7. The fourth-order valence-corrected chi connectivity index (χ4v) is 5.23. The Balaban J connectivity index is 1.21. The number of benzene rings is 3. The molecular weight excluding hydrogens is 432 g/mol. The largest absolute Gasteiger partial charge is 0.377 e. The second-order valence-electron chi connectivity index (χ2n) is 10.0. The molecule has 182 valence electrons. The van der Waals surface area contributed by atoms with Crippen molar-refractivity contribution in [2.24, 2.45) is 0 Å². The number of fused-ring (bicyclic) bond motifs is 2. The molecule has 4 aromatic rings. The summed E-state index contributed by atoms with van der Waals surface area (Å²) >= 11 is 0. The minimum atomic E-state index is 0.407. The summed E-state index contributed by atoms with van der Waals surface area (Å²) in [5.41, 5.74) is 3.62. The van der Waals surface area contributed by atoms with Gasteiger partial charge in [0.05, 0.1) is 5.52 Å². The van der Waals surface area contributed by atoms with Crippen LogP contribution < -0.4 is 20.4 Å². The lowest BCUT2D eigenvalue weighted by molar-refractivity contribution is 0.352. The lowest BCUT2D eigenvalue weighted by Gasteiger charge is -2.30. The zero-order chi connectivity index (χ0) is 24.4. The van der Waals surface area contributed by atoms with E-state index in [9.17, 15) is 0 Å². The van der Waals surface area contributed by atoms with Crippen LogP contribution in [0.15, 0.2) is 60.7 Å². The number of anilines is 3. The highest BCUT2D eigenvalue weighted by Crippen LogP contribution is 2.30. The maximum absolute atomic E-state index is 4.82. The molecule has 3 aromatic carbocycles. The molecule has 0 radical (unpaired) electrons. The van der Waals surface area contributed by atoms with Crippen molar-refractivity contribution in [2.75, 3.05) is 43.3 Å². The van der Waals surface area contributed by atoms with Crippen molar-refractivity contribution in [2.45, 2.75) is 44.3 Å². The van der Waals surface area contributed by atoms with Crippen LogP contribution in [0.2, 0.25) is 0 Å². The van der Waals surface area contributed by atoms with E-state index in [0.717, 1.165) is 54.9 Å². The molecule has 2 N–H and O–H groups in total. The van der Waals surface area contributed by atoms with Crippen LogP contribution in [0, 0.1) is 0 Å². The topological polar surface area (TPSA) is 56.3 Å². The van der Waals surface area contributed by atoms with E-state index in [2.05, 4.69) is 83.1 Å². The van der Waals surface area contributed by atoms with E-state index in [1.807, 2.05) is 26.2 Å². The molecule has 0 spiro atoms. The molecule has 0 unspecified atom stereocenters. The van der Waals surface area contributed by atoms with E-state index >= 15 is 0 Å². The van der Waals surface area contributed by atoms with Crippen LogP contribution in [0.25, 0.3) is 21.7 Å². The summed E-state index contributed by atoms with van der Waals surface area (Å²) in [5.74, 6) is 1.69. The summed E-state index contributed by atoms with van der Waals surface area (Å²) in [6.07, 6.45) is 4.54. The number of hydrogen-bond donors (Lipinski definition) is 2. The molecule has 1 fully saturated rings. The van der Waals surface area contributed by atoms with Gasteiger partial charge in [-0.3, -0.25) is 0 Å². The fourth-order valence-electron chi connectivity index (χ4n) is 5.23. The van der Waals surface area contributed by atoms with E-state index in [-0.39, 0.29) is 0 Å². The molecule has 1 aliphatic rings. The summed E-state index contributed by atoms with van der Waals surface area (Å²) in [6.45, 7) is 0.900. The average molecular weight is 469 g/mol. The van der Waals surface area contributed by atoms with Gasteiger partial charge >= 0.3 is 0 Å². The minimum absolute atomic E-state index is 0.407. The molecule has 0 amide bonds. The molecule has 0 saturated heterocycles. The predicted molar refractivity (Wildman–Crippen MR) is 149 cm³/mol. The minimum Gasteiger partial charge on any atom is -0.377 e. The average Bonchev–Trinajstić information content (AvgIpc) is 2.87. The van der Waals surface area contributed by atoms with Gasteiger partial charge < -0.3 is 20.4 Å². The highest BCUT2D eigenvalue weighted by Gasteiger charge is 2.22. The van der Waals surface area contributed by atoms with Crippen LogP contribution in [0.3, 0.4) is 0 Å². The molecule has 1 saturated carbocycles. The van der Waals surface area contributed by atoms with Crippen molar-refractivity contribution in [3.63, 3.8) is 0 Å². The van der Waals surface area contributed by atoms with Crippen LogP contribution in [-0.4, -0.2) is 50.2 Å². The first kappa shape index (κ1) is 23.4. The number of para-hydroxylation sites is 1. The molecule has 5 rings (SSSR count). The van der Waals surface area contributed by atoms with Crippen LogP contribution in [0.4, 0.5) is 17.5 Å². The monoisotopic (exact) mass is 468 g/mol. The van der Waals surface area contributed by atoms with E-state index < -0.39 is 0 Å². The van der Waals surface area contributed by atoms with E-state index in [1.54, 1.807) is 0 Å². The van der Waals surface area contributed by atoms with E-state index in [4.69, 9.17) is 9.97 Å². The first-order valence-corrected chi connectivity index (χ1v) is 12.6. The molecule has 6 heteroatoms. The smallest absolute Gasteiger partial charge is 0.225 e. The number of nitrogens with zero attached hydrogens (tertiary/aromatic N) is 4. The van der Waals surface area contributed by atoms with Crippen LogP contribution in [0.1, 0.15) is 31.2 Å². The first-order valence-electron chi connectivity index (χ1n) is 12.6. The second-order valence-corrected chi connectivity index (χ2v) is 10.0. The van der Waals surface area contributed by atoms with Crippen LogP contribution in [-0.2, 0) is 6.54 Å². The Labute approximate surface area is 208 Å². The van der Waals surface area contributed by atoms with Gasteiger partial charge in [0.15, 0.2) is 0 Å². The van der Waals surface area contributed by atoms with Gasteiger partial charge in [-0.1, -0.05) is 42.5 Å². The van der Waals surface area contributed by atoms with Gasteiger partial charge in [-0.05, 0) is 54.8 Å². The van der Waals surface area contributed by atoms with Gasteiger partial charge in [0, 0.05) is 63.3 Å². The summed E-state index contributed by atoms with van der Waals surface area (Å²) in [4.78, 5) is 13.9. The molecule has 1 aliphatic carbocycles. The fraction of sp³-hybridized carbons (Fsp3) is 0.379. The van der Waals surface area contributed by atoms with Crippen molar-refractivity contribution >= 4 is 39.1 Å². The van der Waals surface area contributed by atoms with E-state index in [1.165, 1.54) is 22.0 Å². The Kier molecular flexibility index (Phi) is 6.73. The molecule has 1 aromatic heterocycles. The number of nitrogens with one attached hydrogen (secondary N) is 2. The van der Waals surface area contributed by atoms with Crippen molar-refractivity contribution < 1.29 is 0 Å². The normalized spacial score (nSPS) is 18.1. The highest BCUT2D eigenvalue weighted by molar-refractivity contribution is 5.96. The summed E-state index contributed by atoms with van der Waals surface area (Å²) in [7, 11) is 8.28. The number of aromatic nitrogens is 2. The second kappa shape index (κ2) is 10.1. The highest BCUT2D eigenvalue weighted by atomic mass is 15.2. The molecule has 1 heterocycles. The first-order chi connectivity index (χ1) is 17.0. The van der Waals surface area contributed by atoms with Crippen molar-refractivity contribution in [1.29, 1.82) is 0 Å². The Bertz CT molecular complexity index is 1310. The SMILES string of the molecule is CN(C)c1nc(NC2CCC(NCc3ccc(N(C)C)c4ccccc34)CC2)nc2ccccc12. The van der Waals surface area contributed by atoms with Crippen molar-refractivity contribution in [3.8, 4) is 0 Å². The summed E-state index contributed by atoms with van der Waals surface area (Å²) in [5, 5.41) is 11.2. The Morgan fingerprint density at radius 1 is 0.714 bits per heavy atom. The third-order valence-electron chi connectivity index (χ3n) is 7.12. The maximum Gasteiger partial charge on any atom is 0.225 e. The van der Waals surface area contributed by atoms with Gasteiger partial charge in [0.1, 0.15) is 5.82 Å². The third-order valence-corrected chi connectivity index (χ3v) is 7.12. The van der Waals surface area contributed by atoms with Crippen molar-refractivity contribution in [3.05, 3.63) is 66.2 Å². The molecular formula is C29H36N6. The number of hydrogen-bond acceptors (Lipinski definition) is 6. The zero-order valence-electron chi connectivity index (χ0n) is 21.3. The molecule has 6 nitrogen and oxygen atoms in total. The summed E-state index contributed by atoms with van der Waals surface area (Å²) in [6, 6.07) is 22.4. The van der Waals surface area contributed by atoms with Crippen LogP contribution >= 0.6 is 0 Å². The van der Waals surface area contributed by atoms with Gasteiger partial charge in [-0.15, -0.1) is 0 Å². The molecule has 0 atom stereocenters. The lowest BCUT2D eigenvalue weighted by atomic mass is 9.91. The van der Waals surface area contributed by atoms with Gasteiger partial charge in [-0.2, -0.15) is 4.98 Å². The lowest BCUT2D eigenvalue weighted by Crippen LogP contribution is -2.37. The Morgan fingerprint density at radius 3 is 2.09 bits per heavy atom. The van der Waals surface area contributed by atoms with Crippen molar-refractivity contribution in [1.82, 2.24) is 15.3 Å².